The van der Waals surface area contributed by atoms with Crippen LogP contribution in [0, 0.1) is 29.6 Å². The Kier molecular flexibility index (Phi) is 16.1. The van der Waals surface area contributed by atoms with E-state index in [1.165, 1.54) is 54.6 Å². The van der Waals surface area contributed by atoms with Crippen molar-refractivity contribution >= 4 is 70.5 Å². The van der Waals surface area contributed by atoms with Crippen LogP contribution in [0.2, 0.25) is 10.0 Å². The summed E-state index contributed by atoms with van der Waals surface area (Å²) in [6.45, 7) is 0. The van der Waals surface area contributed by atoms with Gasteiger partial charge in [-0.15, -0.1) is 0 Å². The number of aliphatic carboxylic acids is 1. The van der Waals surface area contributed by atoms with Gasteiger partial charge < -0.3 is 92.3 Å². The van der Waals surface area contributed by atoms with Gasteiger partial charge in [0.15, 0.2) is 29.0 Å². The number of hydrogen-bond acceptors (Lipinski definition) is 18. The molecular formula is C69H59Cl2N7O19. The molecular weight excluding hydrogens is 1300 g/mol. The van der Waals surface area contributed by atoms with Crippen molar-refractivity contribution in [2.75, 3.05) is 0 Å². The van der Waals surface area contributed by atoms with Crippen LogP contribution in [0.25, 0.3) is 11.1 Å². The van der Waals surface area contributed by atoms with Gasteiger partial charge in [0.2, 0.25) is 47.1 Å². The third-order valence-corrected chi connectivity index (χ3v) is 19.8. The molecule has 15 N–H and O–H groups in total. The molecule has 4 fully saturated rings. The van der Waals surface area contributed by atoms with Crippen LogP contribution < -0.4 is 51.4 Å². The number of nitrogens with one attached hydrogen (secondary N) is 7. The Morgan fingerprint density at radius 2 is 1.06 bits per heavy atom. The lowest BCUT2D eigenvalue weighted by atomic mass is 9.51. The number of hydrogen-bond donors (Lipinski definition) is 15. The van der Waals surface area contributed by atoms with E-state index >= 15 is 24.0 Å². The molecule has 7 aromatic rings. The zero-order valence-electron chi connectivity index (χ0n) is 50.5. The van der Waals surface area contributed by atoms with E-state index < -0.39 is 158 Å². The highest BCUT2D eigenvalue weighted by Gasteiger charge is 2.52. The number of aliphatic hydroxyl groups is 1. The number of benzene rings is 7. The van der Waals surface area contributed by atoms with Gasteiger partial charge >= 0.3 is 5.97 Å². The largest absolute Gasteiger partial charge is 0.508 e. The molecule has 0 saturated heterocycles. The van der Waals surface area contributed by atoms with Gasteiger partial charge in [0.25, 0.3) is 0 Å². The molecule has 10 aliphatic rings. The molecule has 0 unspecified atom stereocenters. The van der Waals surface area contributed by atoms with Crippen LogP contribution in [0.1, 0.15) is 107 Å². The molecule has 7 aromatic carbocycles. The summed E-state index contributed by atoms with van der Waals surface area (Å²) in [7, 11) is 0. The fourth-order valence-electron chi connectivity index (χ4n) is 14.9. The predicted octanol–water partition coefficient (Wildman–Crippen LogP) is 7.21. The van der Waals surface area contributed by atoms with E-state index in [-0.39, 0.29) is 85.0 Å². The van der Waals surface area contributed by atoms with Crippen molar-refractivity contribution in [2.45, 2.75) is 86.9 Å². The Hall–Kier alpha value is -11.0. The van der Waals surface area contributed by atoms with E-state index in [9.17, 15) is 55.2 Å². The number of carboxylic acids is 1. The molecule has 8 atom stereocenters. The van der Waals surface area contributed by atoms with Crippen LogP contribution >= 0.6 is 23.2 Å². The van der Waals surface area contributed by atoms with E-state index in [2.05, 4.69) is 37.2 Å². The zero-order valence-corrected chi connectivity index (χ0v) is 52.1. The molecule has 0 aromatic heterocycles. The maximum absolute atomic E-state index is 15.9. The van der Waals surface area contributed by atoms with Gasteiger partial charge in [-0.25, -0.2) is 4.79 Å². The summed E-state index contributed by atoms with van der Waals surface area (Å²) < 4.78 is 18.8. The van der Waals surface area contributed by atoms with Crippen LogP contribution in [0.4, 0.5) is 0 Å². The highest BCUT2D eigenvalue weighted by molar-refractivity contribution is 6.32. The topological polar surface area (TPSA) is 410 Å². The summed E-state index contributed by atoms with van der Waals surface area (Å²) >= 11 is 13.9. The molecule has 21 bridgehead atoms. The molecule has 498 valence electrons. The summed E-state index contributed by atoms with van der Waals surface area (Å²) in [6, 6.07) is 8.27. The number of aromatic hydroxyl groups is 6. The monoisotopic (exact) mass is 1360 g/mol. The highest BCUT2D eigenvalue weighted by atomic mass is 35.5. The third-order valence-electron chi connectivity index (χ3n) is 19.2. The van der Waals surface area contributed by atoms with Crippen molar-refractivity contribution in [3.63, 3.8) is 0 Å². The fraction of sp³-hybridized carbons (Fsp3) is 0.275. The first-order valence-electron chi connectivity index (χ1n) is 31.0. The van der Waals surface area contributed by atoms with E-state index in [0.29, 0.717) is 17.4 Å². The summed E-state index contributed by atoms with van der Waals surface area (Å²) in [4.78, 5) is 120. The minimum absolute atomic E-state index is 0.0819. The molecule has 6 aliphatic heterocycles. The summed E-state index contributed by atoms with van der Waals surface area (Å²) in [5.41, 5.74) is -2.05. The molecule has 17 rings (SSSR count). The molecule has 0 spiro atoms. The maximum Gasteiger partial charge on any atom is 0.330 e. The quantitative estimate of drug-likeness (QED) is 0.0830. The van der Waals surface area contributed by atoms with Crippen molar-refractivity contribution < 1.29 is 93.4 Å². The fourth-order valence-corrected chi connectivity index (χ4v) is 15.4. The van der Waals surface area contributed by atoms with Crippen LogP contribution in [0.15, 0.2) is 115 Å². The van der Waals surface area contributed by atoms with Gasteiger partial charge in [-0.2, -0.15) is 0 Å². The van der Waals surface area contributed by atoms with Crippen molar-refractivity contribution in [1.82, 2.24) is 37.2 Å². The predicted molar refractivity (Wildman–Crippen MR) is 339 cm³/mol. The lowest BCUT2D eigenvalue weighted by molar-refractivity contribution is -0.143. The first-order chi connectivity index (χ1) is 46.4. The van der Waals surface area contributed by atoms with Gasteiger partial charge in [0.05, 0.1) is 10.0 Å². The van der Waals surface area contributed by atoms with E-state index in [0.717, 1.165) is 92.8 Å². The van der Waals surface area contributed by atoms with Gasteiger partial charge in [-0.05, 0) is 168 Å². The summed E-state index contributed by atoms with van der Waals surface area (Å²) in [5, 5.41) is 110. The van der Waals surface area contributed by atoms with E-state index in [4.69, 9.17) is 37.4 Å². The zero-order chi connectivity index (χ0) is 68.2. The molecule has 6 heterocycles. The van der Waals surface area contributed by atoms with Crippen LogP contribution in [0.3, 0.4) is 0 Å². The summed E-state index contributed by atoms with van der Waals surface area (Å²) in [6.07, 6.45) is 2.07. The standard InChI is InChI=1S/C69H59Cl2N7O19/c70-41-14-26-1-7-47(41)96-50-21-35-22-51(61(50)85)97-48-8-4-31(19-42(48)71)60(84)59-68(92)77-58(69(93)94)40-24-37(80)25-46(83)53(40)39-18-29(2-5-44(39)81)54(65(89)78-59)75-67(91)57(35)76-66(90)56-34-16-36(79)23-38(17-34)95-49-20-30(3-6-45(49)82)55(64(88)72-43(15-26)62(86)73-56)74-63(87)52-32-10-27-9-28(12-32)13-33(52)11-27/h1-8,14,16-25,27-28,32-33,43,52,54-60,79-85H,9-13,15H2,(H,72,88)(H,73,86)(H,74,87)(H,75,91)(H,76,90)(H,77,92)(H,78,89)(H,93,94)/t27?,28?,32?,33?,43-,52?,54-,55+,56+,57-,58+,59+,60-/m1/s1. The number of phenols is 6. The Morgan fingerprint density at radius 1 is 0.485 bits per heavy atom. The second kappa shape index (κ2) is 24.7. The van der Waals surface area contributed by atoms with Crippen molar-refractivity contribution in [3.8, 4) is 80.1 Å². The Balaban J connectivity index is 0.931. The third kappa shape index (κ3) is 12.0. The van der Waals surface area contributed by atoms with Crippen molar-refractivity contribution in [3.05, 3.63) is 164 Å². The Labute approximate surface area is 559 Å². The second-order valence-electron chi connectivity index (χ2n) is 25.5. The molecule has 28 heteroatoms. The number of rotatable bonds is 3. The number of amides is 7. The van der Waals surface area contributed by atoms with Crippen molar-refractivity contribution in [2.24, 2.45) is 29.6 Å². The molecule has 7 amide bonds. The molecule has 26 nitrogen and oxygen atoms in total. The minimum Gasteiger partial charge on any atom is -0.508 e. The smallest absolute Gasteiger partial charge is 0.330 e. The average Bonchev–Trinajstić information content (AvgIpc) is 0.768. The van der Waals surface area contributed by atoms with Gasteiger partial charge in [-0.1, -0.05) is 47.5 Å². The van der Waals surface area contributed by atoms with Gasteiger partial charge in [-0.3, -0.25) is 33.6 Å². The first-order valence-corrected chi connectivity index (χ1v) is 31.7. The number of carbonyl (C=O) groups excluding carboxylic acids is 7. The molecule has 0 radical (unpaired) electrons. The van der Waals surface area contributed by atoms with E-state index in [1.807, 2.05) is 0 Å². The number of fused-ring (bicyclic) bond motifs is 14. The second-order valence-corrected chi connectivity index (χ2v) is 26.3. The first kappa shape index (κ1) is 63.4. The number of carbonyl (C=O) groups is 8. The number of phenolic OH excluding ortho intramolecular Hbond substituents is 6. The normalized spacial score (nSPS) is 26.4. The Morgan fingerprint density at radius 3 is 1.72 bits per heavy atom. The average molecular weight is 1360 g/mol. The van der Waals surface area contributed by atoms with Gasteiger partial charge in [0, 0.05) is 41.2 Å². The number of ether oxygens (including phenoxy) is 3. The van der Waals surface area contributed by atoms with E-state index in [1.54, 1.807) is 0 Å². The lowest BCUT2D eigenvalue weighted by Crippen LogP contribution is -2.56. The van der Waals surface area contributed by atoms with Gasteiger partial charge in [0.1, 0.15) is 82.6 Å². The Bertz CT molecular complexity index is 4520. The maximum atomic E-state index is 15.9. The van der Waals surface area contributed by atoms with Crippen molar-refractivity contribution in [1.29, 1.82) is 0 Å². The number of halogens is 2. The number of aliphatic hydroxyl groups excluding tert-OH is 1. The SMILES string of the molecule is O=C(N[C@@H]1C(=O)N[C@@H]2Cc3ccc(c(Cl)c3)Oc3cc4cc(c3O)Oc3ccc(cc3Cl)[C@@H](O)[C@@H]3NC(=O)[C@H](NC(=O)[C@@H]4NC(=O)[C@@H](NC2=O)c2cc(O)cc(c2)Oc2cc1ccc2O)c1ccc(O)c(c1)-c1c(O)cc(O)cc1[C@@H](C(=O)O)NC3=O)C1C2CC3CC(C2)CC1C3. The molecule has 4 aliphatic carbocycles. The van der Waals surface area contributed by atoms with Crippen LogP contribution in [0.5, 0.6) is 69.0 Å². The summed E-state index contributed by atoms with van der Waals surface area (Å²) in [5.74, 6) is -14.7. The molecule has 97 heavy (non-hydrogen) atoms. The lowest BCUT2D eigenvalue weighted by Gasteiger charge is -2.53. The molecule has 4 saturated carbocycles. The minimum atomic E-state index is -2.21. The number of carboxylic acid groups (broad SMARTS) is 1. The van der Waals surface area contributed by atoms with Crippen LogP contribution in [-0.4, -0.2) is 100 Å². The highest BCUT2D eigenvalue weighted by Crippen LogP contribution is 2.57. The van der Waals surface area contributed by atoms with Crippen LogP contribution in [-0.2, 0) is 44.8 Å².